The number of ether oxygens (including phenoxy) is 1. The molecule has 3 aromatic rings. The maximum absolute atomic E-state index is 13.6. The fourth-order valence-corrected chi connectivity index (χ4v) is 6.33. The van der Waals surface area contributed by atoms with Gasteiger partial charge in [-0.25, -0.2) is 18.1 Å². The van der Waals surface area contributed by atoms with Gasteiger partial charge in [0.15, 0.2) is 0 Å². The molecule has 5 rings (SSSR count). The number of nitrogens with one attached hydrogen (secondary N) is 1. The van der Waals surface area contributed by atoms with Crippen LogP contribution in [0.15, 0.2) is 64.4 Å². The van der Waals surface area contributed by atoms with Gasteiger partial charge in [-0.05, 0) is 54.1 Å². The van der Waals surface area contributed by atoms with Crippen molar-refractivity contribution in [1.82, 2.24) is 4.98 Å². The number of imide groups is 1. The van der Waals surface area contributed by atoms with Gasteiger partial charge in [-0.15, -0.1) is 24.5 Å². The van der Waals surface area contributed by atoms with E-state index < -0.39 is 39.6 Å². The van der Waals surface area contributed by atoms with Gasteiger partial charge in [0, 0.05) is 6.20 Å². The van der Waals surface area contributed by atoms with Crippen LogP contribution in [0.2, 0.25) is 0 Å². The fraction of sp³-hybridized carbons (Fsp3) is 0.227. The normalized spacial score (nSPS) is 21.8. The number of alkyl halides is 3. The van der Waals surface area contributed by atoms with Crippen LogP contribution in [0, 0.1) is 5.92 Å². The molecule has 3 amide bonds. The number of nitrogens with zero attached hydrogens (tertiary/aromatic N) is 3. The Balaban J connectivity index is 1.52. The highest BCUT2D eigenvalue weighted by atomic mass is 32.2. The van der Waals surface area contributed by atoms with Crippen molar-refractivity contribution < 1.29 is 35.9 Å². The molecule has 1 aromatic carbocycles. The zero-order valence-electron chi connectivity index (χ0n) is 18.4. The number of hydrogen-bond acceptors (Lipinski definition) is 7. The van der Waals surface area contributed by atoms with E-state index in [4.69, 9.17) is 0 Å². The molecule has 1 saturated carbocycles. The number of sulfonamides is 1. The molecule has 1 aliphatic carbocycles. The van der Waals surface area contributed by atoms with Gasteiger partial charge in [0.2, 0.25) is 0 Å². The van der Waals surface area contributed by atoms with E-state index in [1.54, 1.807) is 18.4 Å². The smallest absolute Gasteiger partial charge is 0.406 e. The number of urea groups is 1. The summed E-state index contributed by atoms with van der Waals surface area (Å²) in [5, 5.41) is 1.60. The molecule has 36 heavy (non-hydrogen) atoms. The fourth-order valence-electron chi connectivity index (χ4n) is 4.28. The van der Waals surface area contributed by atoms with Crippen LogP contribution in [0.25, 0.3) is 0 Å². The second kappa shape index (κ2) is 8.20. The summed E-state index contributed by atoms with van der Waals surface area (Å²) in [5.41, 5.74) is -1.08. The van der Waals surface area contributed by atoms with E-state index in [0.29, 0.717) is 6.42 Å². The molecule has 2 aromatic heterocycles. The molecule has 1 spiro atoms. The minimum absolute atomic E-state index is 0.00120. The Hall–Kier alpha value is -3.65. The number of halogens is 3. The summed E-state index contributed by atoms with van der Waals surface area (Å²) in [4.78, 5) is 33.2. The van der Waals surface area contributed by atoms with Crippen molar-refractivity contribution in [1.29, 1.82) is 0 Å². The number of hydrogen-bond donors (Lipinski definition) is 1. The third kappa shape index (κ3) is 3.95. The lowest BCUT2D eigenvalue weighted by atomic mass is 10.1. The van der Waals surface area contributed by atoms with Crippen LogP contribution in [0.1, 0.15) is 13.3 Å². The molecule has 1 saturated heterocycles. The van der Waals surface area contributed by atoms with Crippen LogP contribution >= 0.6 is 11.3 Å². The summed E-state index contributed by atoms with van der Waals surface area (Å²) in [5.74, 6) is -1.31. The Kier molecular flexibility index (Phi) is 5.48. The summed E-state index contributed by atoms with van der Waals surface area (Å²) < 4.78 is 69.5. The topological polar surface area (TPSA) is 109 Å². The van der Waals surface area contributed by atoms with Gasteiger partial charge in [0.1, 0.15) is 15.5 Å². The summed E-state index contributed by atoms with van der Waals surface area (Å²) in [6.07, 6.45) is -1.96. The zero-order valence-corrected chi connectivity index (χ0v) is 20.0. The largest absolute Gasteiger partial charge is 0.573 e. The van der Waals surface area contributed by atoms with Crippen molar-refractivity contribution in [2.75, 3.05) is 14.5 Å². The van der Waals surface area contributed by atoms with Crippen molar-refractivity contribution in [2.45, 2.75) is 29.5 Å². The first-order valence-electron chi connectivity index (χ1n) is 10.5. The van der Waals surface area contributed by atoms with E-state index in [1.807, 2.05) is 0 Å². The van der Waals surface area contributed by atoms with Gasteiger partial charge in [-0.3, -0.25) is 19.4 Å². The maximum Gasteiger partial charge on any atom is 0.573 e. The first kappa shape index (κ1) is 24.1. The Morgan fingerprint density at radius 3 is 2.44 bits per heavy atom. The van der Waals surface area contributed by atoms with Gasteiger partial charge < -0.3 is 4.74 Å². The molecular weight excluding hydrogens is 521 g/mol. The predicted octanol–water partition coefficient (Wildman–Crippen LogP) is 4.59. The molecule has 188 valence electrons. The molecule has 14 heteroatoms. The van der Waals surface area contributed by atoms with E-state index in [2.05, 4.69) is 14.4 Å². The first-order valence-corrected chi connectivity index (χ1v) is 12.9. The van der Waals surface area contributed by atoms with Crippen LogP contribution in [0.5, 0.6) is 5.75 Å². The number of rotatable bonds is 6. The van der Waals surface area contributed by atoms with Gasteiger partial charge in [-0.1, -0.05) is 13.0 Å². The number of pyridine rings is 1. The Morgan fingerprint density at radius 2 is 1.86 bits per heavy atom. The highest BCUT2D eigenvalue weighted by molar-refractivity contribution is 7.94. The van der Waals surface area contributed by atoms with Crippen molar-refractivity contribution in [3.8, 4) is 5.75 Å². The highest BCUT2D eigenvalue weighted by Crippen LogP contribution is 2.56. The van der Waals surface area contributed by atoms with E-state index in [-0.39, 0.29) is 27.2 Å². The summed E-state index contributed by atoms with van der Waals surface area (Å²) >= 11 is 1.01. The number of carbonyl (C=O) groups excluding carboxylic acids is 2. The molecule has 2 fully saturated rings. The second-order valence-electron chi connectivity index (χ2n) is 8.26. The third-order valence-electron chi connectivity index (χ3n) is 6.00. The molecule has 0 radical (unpaired) electrons. The monoisotopic (exact) mass is 538 g/mol. The maximum atomic E-state index is 13.6. The summed E-state index contributed by atoms with van der Waals surface area (Å²) in [7, 11) is -3.98. The van der Waals surface area contributed by atoms with Crippen LogP contribution in [0.3, 0.4) is 0 Å². The van der Waals surface area contributed by atoms with Crippen molar-refractivity contribution in [2.24, 2.45) is 5.92 Å². The van der Waals surface area contributed by atoms with E-state index in [9.17, 15) is 31.2 Å². The highest BCUT2D eigenvalue weighted by Gasteiger charge is 2.71. The van der Waals surface area contributed by atoms with E-state index >= 15 is 0 Å². The Bertz CT molecular complexity index is 1450. The third-order valence-corrected chi connectivity index (χ3v) is 8.76. The van der Waals surface area contributed by atoms with Gasteiger partial charge in [0.05, 0.1) is 23.3 Å². The van der Waals surface area contributed by atoms with Crippen LogP contribution in [-0.2, 0) is 14.8 Å². The zero-order chi connectivity index (χ0) is 25.9. The minimum Gasteiger partial charge on any atom is -0.406 e. The van der Waals surface area contributed by atoms with Crippen LogP contribution in [0.4, 0.5) is 35.0 Å². The molecule has 2 unspecified atom stereocenters. The quantitative estimate of drug-likeness (QED) is 0.460. The molecule has 2 aliphatic rings. The second-order valence-corrected chi connectivity index (χ2v) is 11.1. The molecule has 2 atom stereocenters. The average molecular weight is 539 g/mol. The molecule has 1 N–H and O–H groups in total. The summed E-state index contributed by atoms with van der Waals surface area (Å²) in [6.45, 7) is 1.78. The standard InChI is InChI=1S/C22H17F3N4O5S2/c1-13-11-21(13)19(30)28(14-4-6-15(7-5-14)34-22(23,24)25)20(31)29(21)17-8-9-26-12-16(17)27-36(32,33)18-3-2-10-35-18/h2-10,12-13,27H,11H2,1H3. The van der Waals surface area contributed by atoms with Crippen LogP contribution in [-0.4, -0.2) is 37.2 Å². The Morgan fingerprint density at radius 1 is 1.17 bits per heavy atom. The molecule has 9 nitrogen and oxygen atoms in total. The number of anilines is 3. The van der Waals surface area contributed by atoms with Gasteiger partial charge >= 0.3 is 12.4 Å². The van der Waals surface area contributed by atoms with Crippen molar-refractivity contribution >= 4 is 50.4 Å². The van der Waals surface area contributed by atoms with Crippen LogP contribution < -0.4 is 19.3 Å². The van der Waals surface area contributed by atoms with Gasteiger partial charge in [0.25, 0.3) is 15.9 Å². The predicted molar refractivity (Wildman–Crippen MR) is 124 cm³/mol. The summed E-state index contributed by atoms with van der Waals surface area (Å²) in [6, 6.07) is 8.01. The number of thiophene rings is 1. The SMILES string of the molecule is CC1CC12C(=O)N(c1ccc(OC(F)(F)F)cc1)C(=O)N2c1ccncc1NS(=O)(=O)c1cccs1. The molecule has 0 bridgehead atoms. The minimum atomic E-state index is -4.89. The first-order chi connectivity index (χ1) is 16.9. The lowest BCUT2D eigenvalue weighted by Crippen LogP contribution is -2.39. The van der Waals surface area contributed by atoms with Crippen molar-refractivity contribution in [3.63, 3.8) is 0 Å². The molecule has 1 aliphatic heterocycles. The molecular formula is C22H17F3N4O5S2. The van der Waals surface area contributed by atoms with E-state index in [1.165, 1.54) is 41.6 Å². The van der Waals surface area contributed by atoms with Crippen molar-refractivity contribution in [3.05, 3.63) is 60.2 Å². The average Bonchev–Trinajstić information content (AvgIpc) is 3.14. The number of benzene rings is 1. The number of carbonyl (C=O) groups is 2. The molecule has 3 heterocycles. The van der Waals surface area contributed by atoms with E-state index in [0.717, 1.165) is 28.4 Å². The lowest BCUT2D eigenvalue weighted by molar-refractivity contribution is -0.274. The number of aromatic nitrogens is 1. The lowest BCUT2D eigenvalue weighted by Gasteiger charge is -2.24. The Labute approximate surface area is 207 Å². The van der Waals surface area contributed by atoms with Gasteiger partial charge in [-0.2, -0.15) is 0 Å². The number of amides is 3.